The maximum atomic E-state index is 12.5. The van der Waals surface area contributed by atoms with Crippen molar-refractivity contribution in [3.8, 4) is 11.5 Å². The number of likely N-dealkylation sites (N-methyl/N-ethyl adjacent to an activating group) is 1. The van der Waals surface area contributed by atoms with Crippen molar-refractivity contribution in [3.05, 3.63) is 23.8 Å². The van der Waals surface area contributed by atoms with Gasteiger partial charge in [-0.3, -0.25) is 9.69 Å². The number of carbonyl (C=O) groups excluding carboxylic acids is 1. The predicted octanol–water partition coefficient (Wildman–Crippen LogP) is 1.83. The first kappa shape index (κ1) is 18.6. The molecule has 2 saturated heterocycles. The quantitative estimate of drug-likeness (QED) is 0.788. The van der Waals surface area contributed by atoms with Gasteiger partial charge in [-0.1, -0.05) is 13.0 Å². The standard InChI is InChI=1S/C21H31N3O3/c1-21(14-17-3-4-18-19(13-17)27-16-26-18)6-5-20(25)24(15-21)12-11-23-9-7-22(2)8-10-23/h3-4,13H,5-12,14-16H2,1-2H3/t21-/m0/s1. The summed E-state index contributed by atoms with van der Waals surface area (Å²) in [6.45, 7) is 9.75. The van der Waals surface area contributed by atoms with Gasteiger partial charge in [-0.05, 0) is 43.0 Å². The lowest BCUT2D eigenvalue weighted by atomic mass is 9.76. The molecule has 0 saturated carbocycles. The molecule has 1 atom stereocenters. The van der Waals surface area contributed by atoms with Crippen LogP contribution in [0.4, 0.5) is 0 Å². The maximum Gasteiger partial charge on any atom is 0.231 e. The van der Waals surface area contributed by atoms with Crippen LogP contribution in [0.25, 0.3) is 0 Å². The highest BCUT2D eigenvalue weighted by Gasteiger charge is 2.35. The topological polar surface area (TPSA) is 45.2 Å². The number of nitrogens with zero attached hydrogens (tertiary/aromatic N) is 3. The predicted molar refractivity (Wildman–Crippen MR) is 104 cm³/mol. The number of hydrogen-bond donors (Lipinski definition) is 0. The van der Waals surface area contributed by atoms with Crippen LogP contribution in [0.5, 0.6) is 11.5 Å². The van der Waals surface area contributed by atoms with Crippen molar-refractivity contribution in [2.75, 3.05) is 59.7 Å². The number of fused-ring (bicyclic) bond motifs is 1. The third kappa shape index (κ3) is 4.38. The summed E-state index contributed by atoms with van der Waals surface area (Å²) >= 11 is 0. The Hall–Kier alpha value is -1.79. The number of rotatable bonds is 5. The summed E-state index contributed by atoms with van der Waals surface area (Å²) in [6.07, 6.45) is 2.57. The summed E-state index contributed by atoms with van der Waals surface area (Å²) in [5.74, 6) is 1.98. The summed E-state index contributed by atoms with van der Waals surface area (Å²) in [6, 6.07) is 6.22. The largest absolute Gasteiger partial charge is 0.454 e. The molecule has 1 aromatic carbocycles. The molecule has 0 aliphatic carbocycles. The van der Waals surface area contributed by atoms with E-state index in [0.29, 0.717) is 19.1 Å². The number of piperidine rings is 1. The van der Waals surface area contributed by atoms with Gasteiger partial charge < -0.3 is 19.3 Å². The lowest BCUT2D eigenvalue weighted by molar-refractivity contribution is -0.137. The lowest BCUT2D eigenvalue weighted by Gasteiger charge is -2.42. The normalized spacial score (nSPS) is 26.6. The molecule has 0 unspecified atom stereocenters. The third-order valence-corrected chi connectivity index (χ3v) is 6.22. The fraction of sp³-hybridized carbons (Fsp3) is 0.667. The molecule has 1 amide bonds. The zero-order valence-corrected chi connectivity index (χ0v) is 16.6. The third-order valence-electron chi connectivity index (χ3n) is 6.22. The summed E-state index contributed by atoms with van der Waals surface area (Å²) in [5, 5.41) is 0. The minimum Gasteiger partial charge on any atom is -0.454 e. The van der Waals surface area contributed by atoms with Crippen LogP contribution >= 0.6 is 0 Å². The van der Waals surface area contributed by atoms with Crippen LogP contribution < -0.4 is 9.47 Å². The van der Waals surface area contributed by atoms with E-state index in [1.807, 2.05) is 6.07 Å². The molecule has 148 valence electrons. The Balaban J connectivity index is 1.35. The fourth-order valence-electron chi connectivity index (χ4n) is 4.42. The van der Waals surface area contributed by atoms with Crippen molar-refractivity contribution in [2.24, 2.45) is 5.41 Å². The van der Waals surface area contributed by atoms with E-state index in [4.69, 9.17) is 9.47 Å². The molecule has 2 fully saturated rings. The van der Waals surface area contributed by atoms with Crippen LogP contribution in [0.15, 0.2) is 18.2 Å². The van der Waals surface area contributed by atoms with E-state index in [9.17, 15) is 4.79 Å². The second kappa shape index (κ2) is 7.68. The number of amides is 1. The Morgan fingerprint density at radius 3 is 2.67 bits per heavy atom. The van der Waals surface area contributed by atoms with Gasteiger partial charge in [-0.25, -0.2) is 0 Å². The molecule has 27 heavy (non-hydrogen) atoms. The molecule has 0 bridgehead atoms. The minimum atomic E-state index is 0.115. The fourth-order valence-corrected chi connectivity index (χ4v) is 4.42. The maximum absolute atomic E-state index is 12.5. The highest BCUT2D eigenvalue weighted by Crippen LogP contribution is 2.37. The van der Waals surface area contributed by atoms with Crippen molar-refractivity contribution in [1.29, 1.82) is 0 Å². The molecule has 3 aliphatic heterocycles. The molecule has 0 N–H and O–H groups in total. The van der Waals surface area contributed by atoms with Crippen molar-refractivity contribution in [3.63, 3.8) is 0 Å². The van der Waals surface area contributed by atoms with Crippen LogP contribution in [0, 0.1) is 5.41 Å². The summed E-state index contributed by atoms with van der Waals surface area (Å²) in [7, 11) is 2.17. The molecule has 1 aromatic rings. The molecule has 0 spiro atoms. The zero-order chi connectivity index (χ0) is 18.9. The number of ether oxygens (including phenoxy) is 2. The van der Waals surface area contributed by atoms with Gasteiger partial charge in [0.25, 0.3) is 0 Å². The zero-order valence-electron chi connectivity index (χ0n) is 16.6. The van der Waals surface area contributed by atoms with Crippen molar-refractivity contribution >= 4 is 5.91 Å². The van der Waals surface area contributed by atoms with Gasteiger partial charge in [0.05, 0.1) is 0 Å². The van der Waals surface area contributed by atoms with Crippen molar-refractivity contribution in [1.82, 2.24) is 14.7 Å². The number of benzene rings is 1. The second-order valence-corrected chi connectivity index (χ2v) is 8.64. The van der Waals surface area contributed by atoms with Gasteiger partial charge in [0, 0.05) is 52.2 Å². The minimum absolute atomic E-state index is 0.115. The summed E-state index contributed by atoms with van der Waals surface area (Å²) in [4.78, 5) is 19.4. The van der Waals surface area contributed by atoms with Crippen LogP contribution in [-0.2, 0) is 11.2 Å². The molecule has 4 rings (SSSR count). The van der Waals surface area contributed by atoms with Gasteiger partial charge in [0.15, 0.2) is 11.5 Å². The van der Waals surface area contributed by atoms with E-state index < -0.39 is 0 Å². The smallest absolute Gasteiger partial charge is 0.231 e. The van der Waals surface area contributed by atoms with E-state index in [2.05, 4.69) is 40.8 Å². The van der Waals surface area contributed by atoms with Gasteiger partial charge in [-0.15, -0.1) is 0 Å². The average molecular weight is 373 g/mol. The van der Waals surface area contributed by atoms with Crippen LogP contribution in [0.1, 0.15) is 25.3 Å². The first-order valence-corrected chi connectivity index (χ1v) is 10.1. The average Bonchev–Trinajstić information content (AvgIpc) is 3.12. The Labute approximate surface area is 162 Å². The lowest BCUT2D eigenvalue weighted by Crippen LogP contribution is -2.51. The second-order valence-electron chi connectivity index (χ2n) is 8.64. The van der Waals surface area contributed by atoms with Crippen molar-refractivity contribution in [2.45, 2.75) is 26.2 Å². The number of hydrogen-bond acceptors (Lipinski definition) is 5. The van der Waals surface area contributed by atoms with E-state index >= 15 is 0 Å². The Kier molecular flexibility index (Phi) is 5.28. The number of piperazine rings is 1. The molecule has 6 nitrogen and oxygen atoms in total. The van der Waals surface area contributed by atoms with E-state index in [0.717, 1.165) is 70.2 Å². The first-order chi connectivity index (χ1) is 13.0. The number of carbonyl (C=O) groups is 1. The van der Waals surface area contributed by atoms with Crippen LogP contribution in [0.3, 0.4) is 0 Å². The highest BCUT2D eigenvalue weighted by atomic mass is 16.7. The molecule has 0 aromatic heterocycles. The Morgan fingerprint density at radius 1 is 1.07 bits per heavy atom. The Morgan fingerprint density at radius 2 is 1.85 bits per heavy atom. The van der Waals surface area contributed by atoms with Gasteiger partial charge >= 0.3 is 0 Å². The molecule has 0 radical (unpaired) electrons. The molecule has 3 aliphatic rings. The molecular weight excluding hydrogens is 342 g/mol. The number of likely N-dealkylation sites (tertiary alicyclic amines) is 1. The van der Waals surface area contributed by atoms with Gasteiger partial charge in [0.1, 0.15) is 0 Å². The van der Waals surface area contributed by atoms with Crippen LogP contribution in [-0.4, -0.2) is 80.3 Å². The van der Waals surface area contributed by atoms with E-state index in [-0.39, 0.29) is 5.41 Å². The summed E-state index contributed by atoms with van der Waals surface area (Å²) < 4.78 is 10.9. The summed E-state index contributed by atoms with van der Waals surface area (Å²) in [5.41, 5.74) is 1.37. The molecular formula is C21H31N3O3. The van der Waals surface area contributed by atoms with E-state index in [1.54, 1.807) is 0 Å². The molecule has 3 heterocycles. The van der Waals surface area contributed by atoms with Crippen molar-refractivity contribution < 1.29 is 14.3 Å². The highest BCUT2D eigenvalue weighted by molar-refractivity contribution is 5.77. The van der Waals surface area contributed by atoms with Crippen LogP contribution in [0.2, 0.25) is 0 Å². The Bertz CT molecular complexity index is 687. The SMILES string of the molecule is CN1CCN(CCN2C[C@](C)(Cc3ccc4c(c3)OCO4)CCC2=O)CC1. The van der Waals surface area contributed by atoms with E-state index in [1.165, 1.54) is 5.56 Å². The monoisotopic (exact) mass is 373 g/mol. The van der Waals surface area contributed by atoms with Gasteiger partial charge in [0.2, 0.25) is 12.7 Å². The first-order valence-electron chi connectivity index (χ1n) is 10.1. The van der Waals surface area contributed by atoms with Gasteiger partial charge in [-0.2, -0.15) is 0 Å². The molecule has 6 heteroatoms.